The zero-order chi connectivity index (χ0) is 12.7. The fraction of sp³-hybridized carbons (Fsp3) is 0.455. The highest BCUT2D eigenvalue weighted by Gasteiger charge is 2.11. The monoisotopic (exact) mass is 240 g/mol. The van der Waals surface area contributed by atoms with E-state index in [0.29, 0.717) is 24.5 Å². The first-order chi connectivity index (χ1) is 8.22. The summed E-state index contributed by atoms with van der Waals surface area (Å²) in [5, 5.41) is 17.8. The minimum atomic E-state index is -0.443. The Labute approximate surface area is 99.5 Å². The van der Waals surface area contributed by atoms with E-state index in [2.05, 4.69) is 9.72 Å². The van der Waals surface area contributed by atoms with E-state index in [1.165, 1.54) is 13.3 Å². The summed E-state index contributed by atoms with van der Waals surface area (Å²) in [5.41, 5.74) is 0.387. The van der Waals surface area contributed by atoms with Crippen LogP contribution in [0.15, 0.2) is 18.3 Å². The van der Waals surface area contributed by atoms with E-state index >= 15 is 0 Å². The number of anilines is 1. The molecule has 1 heterocycles. The molecular weight excluding hydrogens is 224 g/mol. The van der Waals surface area contributed by atoms with Crippen LogP contribution in [0.2, 0.25) is 0 Å². The van der Waals surface area contributed by atoms with Crippen LogP contribution >= 0.6 is 0 Å². The lowest BCUT2D eigenvalue weighted by Crippen LogP contribution is -2.30. The van der Waals surface area contributed by atoms with Gasteiger partial charge in [0.05, 0.1) is 25.9 Å². The van der Waals surface area contributed by atoms with Crippen molar-refractivity contribution in [1.29, 1.82) is 0 Å². The molecule has 94 valence electrons. The first-order valence-corrected chi connectivity index (χ1v) is 5.24. The van der Waals surface area contributed by atoms with Gasteiger partial charge in [-0.05, 0) is 12.1 Å². The van der Waals surface area contributed by atoms with Crippen LogP contribution in [0.25, 0.3) is 0 Å². The topological polar surface area (TPSA) is 82.9 Å². The molecule has 0 aliphatic heterocycles. The van der Waals surface area contributed by atoms with Crippen LogP contribution in [0.1, 0.15) is 10.4 Å². The van der Waals surface area contributed by atoms with Gasteiger partial charge in [0.15, 0.2) is 0 Å². The first kappa shape index (κ1) is 13.4. The van der Waals surface area contributed by atoms with Gasteiger partial charge >= 0.3 is 5.97 Å². The van der Waals surface area contributed by atoms with Crippen molar-refractivity contribution in [2.24, 2.45) is 0 Å². The molecule has 0 saturated carbocycles. The first-order valence-electron chi connectivity index (χ1n) is 5.24. The van der Waals surface area contributed by atoms with Crippen molar-refractivity contribution >= 4 is 11.8 Å². The summed E-state index contributed by atoms with van der Waals surface area (Å²) in [7, 11) is 1.31. The number of hydrogen-bond donors (Lipinski definition) is 2. The van der Waals surface area contributed by atoms with Crippen molar-refractivity contribution in [3.05, 3.63) is 23.9 Å². The zero-order valence-electron chi connectivity index (χ0n) is 9.67. The number of aliphatic hydroxyl groups is 2. The standard InChI is InChI=1S/C11H16N2O4/c1-17-11(16)9-2-3-12-10(8-9)13(4-6-14)5-7-15/h2-3,8,14-15H,4-7H2,1H3. The Hall–Kier alpha value is -1.66. The largest absolute Gasteiger partial charge is 0.465 e. The molecule has 17 heavy (non-hydrogen) atoms. The second-order valence-electron chi connectivity index (χ2n) is 3.33. The van der Waals surface area contributed by atoms with Gasteiger partial charge < -0.3 is 19.8 Å². The molecule has 0 spiro atoms. The highest BCUT2D eigenvalue weighted by molar-refractivity contribution is 5.90. The maximum Gasteiger partial charge on any atom is 0.338 e. The summed E-state index contributed by atoms with van der Waals surface area (Å²) >= 11 is 0. The molecule has 0 aromatic carbocycles. The number of methoxy groups -OCH3 is 1. The van der Waals surface area contributed by atoms with E-state index in [1.807, 2.05) is 0 Å². The summed E-state index contributed by atoms with van der Waals surface area (Å²) in [4.78, 5) is 17.1. The van der Waals surface area contributed by atoms with Gasteiger partial charge in [0.2, 0.25) is 0 Å². The highest BCUT2D eigenvalue weighted by Crippen LogP contribution is 2.12. The molecule has 0 radical (unpaired) electrons. The minimum Gasteiger partial charge on any atom is -0.465 e. The van der Waals surface area contributed by atoms with Gasteiger partial charge in [-0.1, -0.05) is 0 Å². The molecule has 0 aliphatic carbocycles. The van der Waals surface area contributed by atoms with Crippen molar-refractivity contribution < 1.29 is 19.7 Å². The summed E-state index contributed by atoms with van der Waals surface area (Å²) < 4.78 is 4.61. The highest BCUT2D eigenvalue weighted by atomic mass is 16.5. The molecule has 6 nitrogen and oxygen atoms in total. The summed E-state index contributed by atoms with van der Waals surface area (Å²) in [6.45, 7) is 0.588. The van der Waals surface area contributed by atoms with Crippen molar-refractivity contribution in [1.82, 2.24) is 4.98 Å². The third-order valence-electron chi connectivity index (χ3n) is 2.23. The van der Waals surface area contributed by atoms with Crippen molar-refractivity contribution in [3.63, 3.8) is 0 Å². The Morgan fingerprint density at radius 1 is 1.41 bits per heavy atom. The number of aliphatic hydroxyl groups excluding tert-OH is 2. The molecule has 0 aliphatic rings. The van der Waals surface area contributed by atoms with Crippen molar-refractivity contribution in [3.8, 4) is 0 Å². The number of pyridine rings is 1. The van der Waals surface area contributed by atoms with Gasteiger partial charge in [-0.2, -0.15) is 0 Å². The van der Waals surface area contributed by atoms with Crippen LogP contribution in [0.4, 0.5) is 5.82 Å². The van der Waals surface area contributed by atoms with Gasteiger partial charge in [-0.25, -0.2) is 9.78 Å². The molecule has 0 saturated heterocycles. The number of ether oxygens (including phenoxy) is 1. The van der Waals surface area contributed by atoms with Gasteiger partial charge in [-0.15, -0.1) is 0 Å². The third kappa shape index (κ3) is 3.69. The third-order valence-corrected chi connectivity index (χ3v) is 2.23. The number of aromatic nitrogens is 1. The van der Waals surface area contributed by atoms with Crippen LogP contribution < -0.4 is 4.90 Å². The van der Waals surface area contributed by atoms with Gasteiger partial charge in [0, 0.05) is 19.3 Å². The maximum absolute atomic E-state index is 11.3. The summed E-state index contributed by atoms with van der Waals surface area (Å²) in [6, 6.07) is 3.11. The lowest BCUT2D eigenvalue weighted by Gasteiger charge is -2.21. The second kappa shape index (κ2) is 6.82. The normalized spacial score (nSPS) is 10.1. The molecule has 0 unspecified atom stereocenters. The van der Waals surface area contributed by atoms with E-state index in [9.17, 15) is 4.79 Å². The molecule has 1 aromatic heterocycles. The number of nitrogens with zero attached hydrogens (tertiary/aromatic N) is 2. The number of rotatable bonds is 6. The van der Waals surface area contributed by atoms with Crippen LogP contribution in [0, 0.1) is 0 Å². The fourth-order valence-electron chi connectivity index (χ4n) is 1.42. The van der Waals surface area contributed by atoms with E-state index in [1.54, 1.807) is 17.0 Å². The van der Waals surface area contributed by atoms with E-state index in [-0.39, 0.29) is 13.2 Å². The number of hydrogen-bond acceptors (Lipinski definition) is 6. The quantitative estimate of drug-likeness (QED) is 0.662. The molecule has 1 aromatic rings. The van der Waals surface area contributed by atoms with E-state index < -0.39 is 5.97 Å². The molecule has 0 bridgehead atoms. The van der Waals surface area contributed by atoms with Crippen molar-refractivity contribution in [2.45, 2.75) is 0 Å². The number of carbonyl (C=O) groups excluding carboxylic acids is 1. The van der Waals surface area contributed by atoms with Gasteiger partial charge in [0.1, 0.15) is 5.82 Å². The minimum absolute atomic E-state index is 0.0515. The van der Waals surface area contributed by atoms with Gasteiger partial charge in [0.25, 0.3) is 0 Å². The smallest absolute Gasteiger partial charge is 0.338 e. The molecule has 0 amide bonds. The molecule has 2 N–H and O–H groups in total. The Bertz CT molecular complexity index is 364. The Kier molecular flexibility index (Phi) is 5.38. The average molecular weight is 240 g/mol. The van der Waals surface area contributed by atoms with Crippen molar-refractivity contribution in [2.75, 3.05) is 38.3 Å². The molecule has 0 atom stereocenters. The summed E-state index contributed by atoms with van der Waals surface area (Å²) in [5.74, 6) is 0.0811. The lowest BCUT2D eigenvalue weighted by atomic mass is 10.2. The predicted molar refractivity (Wildman–Crippen MR) is 62.0 cm³/mol. The summed E-state index contributed by atoms with van der Waals surface area (Å²) in [6.07, 6.45) is 1.49. The number of esters is 1. The number of carbonyl (C=O) groups is 1. The predicted octanol–water partition coefficient (Wildman–Crippen LogP) is -0.341. The van der Waals surface area contributed by atoms with Crippen LogP contribution in [-0.4, -0.2) is 54.6 Å². The second-order valence-corrected chi connectivity index (χ2v) is 3.33. The Morgan fingerprint density at radius 3 is 2.59 bits per heavy atom. The molecule has 1 rings (SSSR count). The molecule has 0 fully saturated rings. The van der Waals surface area contributed by atoms with Crippen LogP contribution in [-0.2, 0) is 4.74 Å². The Balaban J connectivity index is 2.91. The lowest BCUT2D eigenvalue weighted by molar-refractivity contribution is 0.0600. The van der Waals surface area contributed by atoms with Gasteiger partial charge in [-0.3, -0.25) is 0 Å². The van der Waals surface area contributed by atoms with E-state index in [0.717, 1.165) is 0 Å². The zero-order valence-corrected chi connectivity index (χ0v) is 9.67. The maximum atomic E-state index is 11.3. The Morgan fingerprint density at radius 2 is 2.06 bits per heavy atom. The fourth-order valence-corrected chi connectivity index (χ4v) is 1.42. The van der Waals surface area contributed by atoms with Crippen LogP contribution in [0.5, 0.6) is 0 Å². The SMILES string of the molecule is COC(=O)c1ccnc(N(CCO)CCO)c1. The molecular formula is C11H16N2O4. The molecule has 6 heteroatoms. The van der Waals surface area contributed by atoms with Crippen LogP contribution in [0.3, 0.4) is 0 Å². The van der Waals surface area contributed by atoms with E-state index in [4.69, 9.17) is 10.2 Å². The average Bonchev–Trinajstić information content (AvgIpc) is 2.37.